The molecule has 0 unspecified atom stereocenters. The first-order valence-electron chi connectivity index (χ1n) is 6.82. The van der Waals surface area contributed by atoms with Crippen molar-refractivity contribution in [3.63, 3.8) is 0 Å². The summed E-state index contributed by atoms with van der Waals surface area (Å²) in [6.07, 6.45) is 4.71. The third kappa shape index (κ3) is 2.97. The van der Waals surface area contributed by atoms with Crippen LogP contribution in [0.25, 0.3) is 0 Å². The minimum atomic E-state index is -0.263. The summed E-state index contributed by atoms with van der Waals surface area (Å²) in [5, 5.41) is 0. The molecule has 2 fully saturated rings. The van der Waals surface area contributed by atoms with Gasteiger partial charge in [0.15, 0.2) is 0 Å². The zero-order valence-corrected chi connectivity index (χ0v) is 11.2. The molecule has 100 valence electrons. The normalized spacial score (nSPS) is 23.5. The number of piperidine rings is 2. The van der Waals surface area contributed by atoms with Gasteiger partial charge in [-0.1, -0.05) is 5.92 Å². The van der Waals surface area contributed by atoms with Crippen molar-refractivity contribution in [2.45, 2.75) is 32.6 Å². The molecule has 0 saturated carbocycles. The summed E-state index contributed by atoms with van der Waals surface area (Å²) >= 11 is 0. The second-order valence-electron chi connectivity index (χ2n) is 5.53. The van der Waals surface area contributed by atoms with E-state index in [1.54, 1.807) is 4.90 Å². The van der Waals surface area contributed by atoms with Crippen LogP contribution in [0.15, 0.2) is 0 Å². The number of amides is 2. The Morgan fingerprint density at radius 3 is 2.22 bits per heavy atom. The quantitative estimate of drug-likeness (QED) is 0.711. The minimum absolute atomic E-state index is 0.263. The SMILES string of the molecule is CC#CCN1CCC2(CC1)CCN(C(N)=O)CC2. The van der Waals surface area contributed by atoms with Crippen molar-refractivity contribution in [2.24, 2.45) is 11.1 Å². The van der Waals surface area contributed by atoms with Gasteiger partial charge in [0.2, 0.25) is 0 Å². The molecule has 18 heavy (non-hydrogen) atoms. The van der Waals surface area contributed by atoms with Gasteiger partial charge in [-0.05, 0) is 51.1 Å². The lowest BCUT2D eigenvalue weighted by Gasteiger charge is -2.46. The number of carbonyl (C=O) groups is 1. The van der Waals surface area contributed by atoms with E-state index >= 15 is 0 Å². The lowest BCUT2D eigenvalue weighted by Crippen LogP contribution is -2.49. The zero-order valence-electron chi connectivity index (χ0n) is 11.2. The first kappa shape index (κ1) is 13.2. The average Bonchev–Trinajstić information content (AvgIpc) is 2.39. The van der Waals surface area contributed by atoms with Crippen molar-refractivity contribution < 1.29 is 4.79 Å². The first-order chi connectivity index (χ1) is 8.65. The van der Waals surface area contributed by atoms with E-state index in [0.717, 1.165) is 45.6 Å². The largest absolute Gasteiger partial charge is 0.351 e. The summed E-state index contributed by atoms with van der Waals surface area (Å²) in [5.74, 6) is 6.09. The molecule has 2 rings (SSSR count). The number of primary amides is 1. The molecule has 0 bridgehead atoms. The second-order valence-corrected chi connectivity index (χ2v) is 5.53. The summed E-state index contributed by atoms with van der Waals surface area (Å²) in [6, 6.07) is -0.263. The van der Waals surface area contributed by atoms with E-state index in [0.29, 0.717) is 5.41 Å². The van der Waals surface area contributed by atoms with Gasteiger partial charge in [0.1, 0.15) is 0 Å². The van der Waals surface area contributed by atoms with Gasteiger partial charge in [-0.15, -0.1) is 5.92 Å². The van der Waals surface area contributed by atoms with Crippen LogP contribution in [0.5, 0.6) is 0 Å². The first-order valence-corrected chi connectivity index (χ1v) is 6.82. The van der Waals surface area contributed by atoms with Crippen LogP contribution >= 0.6 is 0 Å². The highest BCUT2D eigenvalue weighted by Gasteiger charge is 2.37. The molecule has 0 aliphatic carbocycles. The Morgan fingerprint density at radius 1 is 1.17 bits per heavy atom. The monoisotopic (exact) mass is 249 g/mol. The van der Waals surface area contributed by atoms with Gasteiger partial charge in [-0.25, -0.2) is 4.79 Å². The summed E-state index contributed by atoms with van der Waals surface area (Å²) < 4.78 is 0. The van der Waals surface area contributed by atoms with E-state index in [9.17, 15) is 4.79 Å². The molecule has 2 heterocycles. The molecule has 2 N–H and O–H groups in total. The summed E-state index contributed by atoms with van der Waals surface area (Å²) in [6.45, 7) is 6.76. The lowest BCUT2D eigenvalue weighted by molar-refractivity contribution is 0.0513. The van der Waals surface area contributed by atoms with Crippen LogP contribution in [0.4, 0.5) is 4.79 Å². The van der Waals surface area contributed by atoms with Gasteiger partial charge in [-0.3, -0.25) is 4.90 Å². The molecule has 2 saturated heterocycles. The number of hydrogen-bond acceptors (Lipinski definition) is 2. The Morgan fingerprint density at radius 2 is 1.72 bits per heavy atom. The zero-order chi connectivity index (χ0) is 13.0. The van der Waals surface area contributed by atoms with Gasteiger partial charge in [0.25, 0.3) is 0 Å². The van der Waals surface area contributed by atoms with E-state index in [-0.39, 0.29) is 6.03 Å². The smallest absolute Gasteiger partial charge is 0.314 e. The van der Waals surface area contributed by atoms with E-state index in [1.807, 2.05) is 6.92 Å². The predicted octanol–water partition coefficient (Wildman–Crippen LogP) is 1.27. The van der Waals surface area contributed by atoms with Crippen molar-refractivity contribution in [1.29, 1.82) is 0 Å². The third-order valence-electron chi connectivity index (χ3n) is 4.53. The van der Waals surface area contributed by atoms with Crippen LogP contribution in [0.1, 0.15) is 32.6 Å². The Labute approximate surface area is 109 Å². The average molecular weight is 249 g/mol. The van der Waals surface area contributed by atoms with Crippen molar-refractivity contribution in [1.82, 2.24) is 9.80 Å². The topological polar surface area (TPSA) is 49.6 Å². The molecule has 2 amide bonds. The van der Waals surface area contributed by atoms with E-state index in [4.69, 9.17) is 5.73 Å². The van der Waals surface area contributed by atoms with Crippen molar-refractivity contribution in [3.05, 3.63) is 0 Å². The van der Waals surface area contributed by atoms with Gasteiger partial charge >= 0.3 is 6.03 Å². The fourth-order valence-electron chi connectivity index (χ4n) is 3.08. The Balaban J connectivity index is 1.82. The maximum atomic E-state index is 11.1. The molecule has 0 radical (unpaired) electrons. The molecule has 4 nitrogen and oxygen atoms in total. The Hall–Kier alpha value is -1.21. The molecule has 0 aromatic heterocycles. The van der Waals surface area contributed by atoms with E-state index in [1.165, 1.54) is 12.8 Å². The van der Waals surface area contributed by atoms with Crippen LogP contribution in [0.3, 0.4) is 0 Å². The molecule has 0 atom stereocenters. The number of carbonyl (C=O) groups excluding carboxylic acids is 1. The molecule has 0 aromatic carbocycles. The second kappa shape index (κ2) is 5.62. The van der Waals surface area contributed by atoms with Gasteiger partial charge in [0.05, 0.1) is 6.54 Å². The van der Waals surface area contributed by atoms with E-state index < -0.39 is 0 Å². The van der Waals surface area contributed by atoms with Crippen LogP contribution < -0.4 is 5.73 Å². The molecular weight excluding hydrogens is 226 g/mol. The minimum Gasteiger partial charge on any atom is -0.351 e. The highest BCUT2D eigenvalue weighted by atomic mass is 16.2. The van der Waals surface area contributed by atoms with Gasteiger partial charge in [0, 0.05) is 13.1 Å². The molecule has 4 heteroatoms. The number of nitrogens with two attached hydrogens (primary N) is 1. The molecular formula is C14H23N3O. The fraction of sp³-hybridized carbons (Fsp3) is 0.786. The predicted molar refractivity (Wildman–Crippen MR) is 71.9 cm³/mol. The van der Waals surface area contributed by atoms with Gasteiger partial charge in [-0.2, -0.15) is 0 Å². The maximum absolute atomic E-state index is 11.1. The summed E-state index contributed by atoms with van der Waals surface area (Å²) in [7, 11) is 0. The number of urea groups is 1. The van der Waals surface area contributed by atoms with Crippen molar-refractivity contribution in [3.8, 4) is 11.8 Å². The summed E-state index contributed by atoms with van der Waals surface area (Å²) in [4.78, 5) is 15.3. The third-order valence-corrected chi connectivity index (χ3v) is 4.53. The lowest BCUT2D eigenvalue weighted by atomic mass is 9.71. The number of likely N-dealkylation sites (tertiary alicyclic amines) is 2. The molecule has 1 spiro atoms. The number of rotatable bonds is 1. The number of nitrogens with zero attached hydrogens (tertiary/aromatic N) is 2. The summed E-state index contributed by atoms with van der Waals surface area (Å²) in [5.41, 5.74) is 5.79. The van der Waals surface area contributed by atoms with Crippen LogP contribution in [0.2, 0.25) is 0 Å². The fourth-order valence-corrected chi connectivity index (χ4v) is 3.08. The molecule has 0 aromatic rings. The Bertz CT molecular complexity index is 351. The maximum Gasteiger partial charge on any atom is 0.314 e. The van der Waals surface area contributed by atoms with Crippen LogP contribution in [-0.2, 0) is 0 Å². The van der Waals surface area contributed by atoms with Crippen LogP contribution in [0, 0.1) is 17.3 Å². The van der Waals surface area contributed by atoms with Crippen molar-refractivity contribution in [2.75, 3.05) is 32.7 Å². The highest BCUT2D eigenvalue weighted by molar-refractivity contribution is 5.72. The van der Waals surface area contributed by atoms with Crippen molar-refractivity contribution >= 4 is 6.03 Å². The highest BCUT2D eigenvalue weighted by Crippen LogP contribution is 2.40. The molecule has 2 aliphatic heterocycles. The standard InChI is InChI=1S/C14H23N3O/c1-2-3-8-16-9-4-14(5-10-16)6-11-17(12-7-14)13(15)18/h4-12H2,1H3,(H2,15,18). The Kier molecular flexibility index (Phi) is 4.13. The molecule has 2 aliphatic rings. The van der Waals surface area contributed by atoms with Gasteiger partial charge < -0.3 is 10.6 Å². The number of hydrogen-bond donors (Lipinski definition) is 1. The van der Waals surface area contributed by atoms with E-state index in [2.05, 4.69) is 16.7 Å². The van der Waals surface area contributed by atoms with Crippen LogP contribution in [-0.4, -0.2) is 48.6 Å².